The van der Waals surface area contributed by atoms with E-state index in [0.717, 1.165) is 17.7 Å². The summed E-state index contributed by atoms with van der Waals surface area (Å²) >= 11 is 0. The van der Waals surface area contributed by atoms with Crippen LogP contribution in [0.4, 0.5) is 0 Å². The summed E-state index contributed by atoms with van der Waals surface area (Å²) in [5.74, 6) is 1.18. The predicted molar refractivity (Wildman–Crippen MR) is 77.9 cm³/mol. The molecule has 19 heavy (non-hydrogen) atoms. The van der Waals surface area contributed by atoms with E-state index in [1.54, 1.807) is 7.11 Å². The number of aliphatic hydroxyl groups is 2. The Kier molecular flexibility index (Phi) is 5.83. The molecule has 0 aliphatic heterocycles. The Hall–Kier alpha value is -1.06. The number of rotatable bonds is 6. The number of benzene rings is 1. The molecule has 108 valence electrons. The summed E-state index contributed by atoms with van der Waals surface area (Å²) in [4.78, 5) is 0. The fourth-order valence-corrected chi connectivity index (χ4v) is 2.80. The first kappa shape index (κ1) is 16.0. The maximum atomic E-state index is 9.70. The van der Waals surface area contributed by atoms with E-state index in [0.29, 0.717) is 6.42 Å². The van der Waals surface area contributed by atoms with Crippen molar-refractivity contribution in [1.82, 2.24) is 0 Å². The number of aryl methyl sites for hydroxylation is 1. The van der Waals surface area contributed by atoms with Crippen molar-refractivity contribution in [3.8, 4) is 5.75 Å². The van der Waals surface area contributed by atoms with E-state index < -0.39 is 6.10 Å². The topological polar surface area (TPSA) is 49.7 Å². The highest BCUT2D eigenvalue weighted by Gasteiger charge is 2.20. The monoisotopic (exact) mass is 266 g/mol. The number of hydrogen-bond acceptors (Lipinski definition) is 3. The third-order valence-electron chi connectivity index (χ3n) is 4.00. The molecule has 1 rings (SSSR count). The Bertz CT molecular complexity index is 426. The zero-order valence-corrected chi connectivity index (χ0v) is 12.7. The molecule has 3 nitrogen and oxygen atoms in total. The normalized spacial score (nSPS) is 14.3. The molecule has 0 aromatic heterocycles. The number of methoxy groups -OCH3 is 1. The first-order valence-corrected chi connectivity index (χ1v) is 6.89. The molecule has 1 aromatic rings. The zero-order valence-electron chi connectivity index (χ0n) is 12.7. The standard InChI is InChI=1S/C16H26O3/c1-6-13(8-14(18)9-17)16-10(2)7-15(19-5)11(3)12(16)4/h7,13-14,17-18H,6,8-9H2,1-5H3. The molecule has 0 bridgehead atoms. The smallest absolute Gasteiger partial charge is 0.122 e. The second kappa shape index (κ2) is 6.92. The molecule has 0 spiro atoms. The zero-order chi connectivity index (χ0) is 14.6. The van der Waals surface area contributed by atoms with E-state index in [2.05, 4.69) is 33.8 Å². The Morgan fingerprint density at radius 3 is 2.32 bits per heavy atom. The highest BCUT2D eigenvalue weighted by molar-refractivity contribution is 5.49. The molecule has 0 fully saturated rings. The summed E-state index contributed by atoms with van der Waals surface area (Å²) in [5.41, 5.74) is 4.86. The van der Waals surface area contributed by atoms with Crippen molar-refractivity contribution < 1.29 is 14.9 Å². The highest BCUT2D eigenvalue weighted by Crippen LogP contribution is 2.35. The molecule has 0 saturated carbocycles. The lowest BCUT2D eigenvalue weighted by molar-refractivity contribution is 0.0816. The van der Waals surface area contributed by atoms with Gasteiger partial charge in [0.2, 0.25) is 0 Å². The molecule has 3 heteroatoms. The van der Waals surface area contributed by atoms with Crippen molar-refractivity contribution in [1.29, 1.82) is 0 Å². The molecule has 0 saturated heterocycles. The van der Waals surface area contributed by atoms with Crippen molar-refractivity contribution in [2.24, 2.45) is 0 Å². The molecule has 0 aliphatic rings. The molecule has 2 atom stereocenters. The summed E-state index contributed by atoms with van der Waals surface area (Å²) in [6, 6.07) is 2.06. The molecular weight excluding hydrogens is 240 g/mol. The predicted octanol–water partition coefficient (Wildman–Crippen LogP) is 2.86. The fourth-order valence-electron chi connectivity index (χ4n) is 2.80. The van der Waals surface area contributed by atoms with Gasteiger partial charge in [0.05, 0.1) is 19.8 Å². The summed E-state index contributed by atoms with van der Waals surface area (Å²) in [6.07, 6.45) is 0.900. The first-order chi connectivity index (χ1) is 8.96. The Balaban J connectivity index is 3.20. The summed E-state index contributed by atoms with van der Waals surface area (Å²) in [6.45, 7) is 8.19. The molecule has 2 unspecified atom stereocenters. The Labute approximate surface area is 116 Å². The van der Waals surface area contributed by atoms with Crippen molar-refractivity contribution in [3.63, 3.8) is 0 Å². The van der Waals surface area contributed by atoms with Gasteiger partial charge in [-0.05, 0) is 67.9 Å². The van der Waals surface area contributed by atoms with E-state index in [-0.39, 0.29) is 12.5 Å². The van der Waals surface area contributed by atoms with Gasteiger partial charge >= 0.3 is 0 Å². The van der Waals surface area contributed by atoms with Gasteiger partial charge < -0.3 is 14.9 Å². The average Bonchev–Trinajstić information content (AvgIpc) is 2.41. The minimum atomic E-state index is -0.647. The van der Waals surface area contributed by atoms with Crippen LogP contribution in [0.1, 0.15) is 47.9 Å². The van der Waals surface area contributed by atoms with E-state index >= 15 is 0 Å². The van der Waals surface area contributed by atoms with E-state index in [4.69, 9.17) is 9.84 Å². The van der Waals surface area contributed by atoms with Gasteiger partial charge in [0.15, 0.2) is 0 Å². The van der Waals surface area contributed by atoms with Crippen LogP contribution in [0.15, 0.2) is 6.07 Å². The minimum absolute atomic E-state index is 0.177. The molecule has 0 heterocycles. The quantitative estimate of drug-likeness (QED) is 0.832. The van der Waals surface area contributed by atoms with Crippen LogP contribution in [0.25, 0.3) is 0 Å². The van der Waals surface area contributed by atoms with Crippen LogP contribution in [-0.4, -0.2) is 30.0 Å². The maximum absolute atomic E-state index is 9.70. The van der Waals surface area contributed by atoms with Crippen LogP contribution in [0.3, 0.4) is 0 Å². The van der Waals surface area contributed by atoms with Gasteiger partial charge in [0.1, 0.15) is 5.75 Å². The third-order valence-corrected chi connectivity index (χ3v) is 4.00. The molecule has 2 N–H and O–H groups in total. The average molecular weight is 266 g/mol. The first-order valence-electron chi connectivity index (χ1n) is 6.89. The molecule has 0 aliphatic carbocycles. The van der Waals surface area contributed by atoms with Crippen LogP contribution in [0.5, 0.6) is 5.75 Å². The fraction of sp³-hybridized carbons (Fsp3) is 0.625. The largest absolute Gasteiger partial charge is 0.496 e. The lowest BCUT2D eigenvalue weighted by Gasteiger charge is -2.24. The summed E-state index contributed by atoms with van der Waals surface area (Å²) in [7, 11) is 1.69. The summed E-state index contributed by atoms with van der Waals surface area (Å²) < 4.78 is 5.39. The van der Waals surface area contributed by atoms with Crippen LogP contribution in [0, 0.1) is 20.8 Å². The Morgan fingerprint density at radius 1 is 1.21 bits per heavy atom. The van der Waals surface area contributed by atoms with E-state index in [1.165, 1.54) is 16.7 Å². The van der Waals surface area contributed by atoms with Crippen LogP contribution < -0.4 is 4.74 Å². The van der Waals surface area contributed by atoms with Gasteiger partial charge in [0.25, 0.3) is 0 Å². The van der Waals surface area contributed by atoms with Crippen LogP contribution in [-0.2, 0) is 0 Å². The second-order valence-electron chi connectivity index (χ2n) is 5.24. The highest BCUT2D eigenvalue weighted by atomic mass is 16.5. The van der Waals surface area contributed by atoms with Gasteiger partial charge in [-0.25, -0.2) is 0 Å². The SMILES string of the molecule is CCC(CC(O)CO)c1c(C)cc(OC)c(C)c1C. The van der Waals surface area contributed by atoms with Crippen molar-refractivity contribution in [2.75, 3.05) is 13.7 Å². The van der Waals surface area contributed by atoms with E-state index in [9.17, 15) is 5.11 Å². The molecular formula is C16H26O3. The van der Waals surface area contributed by atoms with Crippen molar-refractivity contribution in [2.45, 2.75) is 52.6 Å². The van der Waals surface area contributed by atoms with Crippen molar-refractivity contribution >= 4 is 0 Å². The number of hydrogen-bond donors (Lipinski definition) is 2. The minimum Gasteiger partial charge on any atom is -0.496 e. The van der Waals surface area contributed by atoms with Gasteiger partial charge in [-0.15, -0.1) is 0 Å². The Morgan fingerprint density at radius 2 is 1.84 bits per heavy atom. The van der Waals surface area contributed by atoms with Crippen LogP contribution >= 0.6 is 0 Å². The molecule has 0 radical (unpaired) electrons. The van der Waals surface area contributed by atoms with Gasteiger partial charge in [-0.3, -0.25) is 0 Å². The van der Waals surface area contributed by atoms with Gasteiger partial charge in [-0.2, -0.15) is 0 Å². The number of aliphatic hydroxyl groups excluding tert-OH is 2. The lowest BCUT2D eigenvalue weighted by atomic mass is 9.83. The van der Waals surface area contributed by atoms with Gasteiger partial charge in [0, 0.05) is 0 Å². The lowest BCUT2D eigenvalue weighted by Crippen LogP contribution is -2.17. The number of ether oxygens (including phenoxy) is 1. The van der Waals surface area contributed by atoms with Gasteiger partial charge in [-0.1, -0.05) is 6.92 Å². The maximum Gasteiger partial charge on any atom is 0.122 e. The van der Waals surface area contributed by atoms with Crippen molar-refractivity contribution in [3.05, 3.63) is 28.3 Å². The third kappa shape index (κ3) is 3.48. The molecule has 1 aromatic carbocycles. The summed E-state index contributed by atoms with van der Waals surface area (Å²) in [5, 5.41) is 18.7. The molecule has 0 amide bonds. The van der Waals surface area contributed by atoms with E-state index in [1.807, 2.05) is 0 Å². The second-order valence-corrected chi connectivity index (χ2v) is 5.24. The van der Waals surface area contributed by atoms with Crippen LogP contribution in [0.2, 0.25) is 0 Å².